The van der Waals surface area contributed by atoms with E-state index < -0.39 is 6.10 Å². The molecular weight excluding hydrogens is 813 g/mol. The lowest BCUT2D eigenvalue weighted by molar-refractivity contribution is -0.163. The minimum Gasteiger partial charge on any atom is -0.462 e. The Labute approximate surface area is 409 Å². The molecule has 5 nitrogen and oxygen atoms in total. The molecular formula is C61H104O5. The van der Waals surface area contributed by atoms with Gasteiger partial charge >= 0.3 is 11.9 Å². The van der Waals surface area contributed by atoms with Gasteiger partial charge in [0, 0.05) is 19.4 Å². The van der Waals surface area contributed by atoms with Gasteiger partial charge in [-0.15, -0.1) is 0 Å². The second-order valence-corrected chi connectivity index (χ2v) is 18.1. The van der Waals surface area contributed by atoms with E-state index in [1.807, 2.05) is 0 Å². The summed E-state index contributed by atoms with van der Waals surface area (Å²) in [6.07, 6.45) is 75.6. The lowest BCUT2D eigenvalue weighted by Gasteiger charge is -2.18. The van der Waals surface area contributed by atoms with Crippen molar-refractivity contribution in [2.24, 2.45) is 0 Å². The van der Waals surface area contributed by atoms with Gasteiger partial charge in [-0.25, -0.2) is 0 Å². The Morgan fingerprint density at radius 1 is 0.348 bits per heavy atom. The highest BCUT2D eigenvalue weighted by Gasteiger charge is 2.17. The third kappa shape index (κ3) is 53.4. The third-order valence-corrected chi connectivity index (χ3v) is 11.6. The lowest BCUT2D eigenvalue weighted by Crippen LogP contribution is -2.30. The Hall–Kier alpha value is -3.18. The highest BCUT2D eigenvalue weighted by atomic mass is 16.6. The largest absolute Gasteiger partial charge is 0.462 e. The molecule has 0 radical (unpaired) electrons. The first kappa shape index (κ1) is 62.8. The highest BCUT2D eigenvalue weighted by molar-refractivity contribution is 5.70. The minimum atomic E-state index is -0.566. The van der Waals surface area contributed by atoms with Gasteiger partial charge in [0.05, 0.1) is 6.61 Å². The van der Waals surface area contributed by atoms with Crippen LogP contribution in [0.25, 0.3) is 0 Å². The van der Waals surface area contributed by atoms with Crippen LogP contribution in [0.15, 0.2) is 97.2 Å². The minimum absolute atomic E-state index is 0.0605. The SMILES string of the molecule is CC/C=C\C/C=C\C/C=C\C/C=C\CCCCCOCC(COC(=O)CCCCCCCCC/C=C\C/C=C\CCCCC)OC(=O)CCCCCCCCC/C=C\C/C=C\CCCCC. The summed E-state index contributed by atoms with van der Waals surface area (Å²) in [7, 11) is 0. The van der Waals surface area contributed by atoms with Crippen LogP contribution in [0.1, 0.15) is 252 Å². The number of allylic oxidation sites excluding steroid dienone is 16. The number of rotatable bonds is 50. The fourth-order valence-electron chi connectivity index (χ4n) is 7.44. The van der Waals surface area contributed by atoms with Crippen molar-refractivity contribution in [1.29, 1.82) is 0 Å². The van der Waals surface area contributed by atoms with Gasteiger partial charge in [-0.2, -0.15) is 0 Å². The zero-order chi connectivity index (χ0) is 47.7. The summed E-state index contributed by atoms with van der Waals surface area (Å²) in [6, 6.07) is 0. The molecule has 0 amide bonds. The highest BCUT2D eigenvalue weighted by Crippen LogP contribution is 2.14. The van der Waals surface area contributed by atoms with Gasteiger partial charge in [0.25, 0.3) is 0 Å². The van der Waals surface area contributed by atoms with Gasteiger partial charge in [0.1, 0.15) is 6.61 Å². The van der Waals surface area contributed by atoms with Gasteiger partial charge in [0.15, 0.2) is 6.10 Å². The Kier molecular flexibility index (Phi) is 53.4. The number of hydrogen-bond acceptors (Lipinski definition) is 5. The molecule has 1 atom stereocenters. The van der Waals surface area contributed by atoms with Crippen LogP contribution in [0.2, 0.25) is 0 Å². The molecule has 0 aliphatic heterocycles. The van der Waals surface area contributed by atoms with Crippen LogP contribution in [0.4, 0.5) is 0 Å². The Bertz CT molecular complexity index is 1270. The molecule has 0 spiro atoms. The van der Waals surface area contributed by atoms with E-state index in [2.05, 4.69) is 118 Å². The molecule has 0 aromatic heterocycles. The molecule has 66 heavy (non-hydrogen) atoms. The molecule has 0 aromatic carbocycles. The van der Waals surface area contributed by atoms with E-state index in [9.17, 15) is 9.59 Å². The molecule has 0 saturated heterocycles. The molecule has 0 fully saturated rings. The number of unbranched alkanes of at least 4 members (excludes halogenated alkanes) is 23. The molecule has 0 N–H and O–H groups in total. The van der Waals surface area contributed by atoms with Crippen LogP contribution in [0.5, 0.6) is 0 Å². The number of carbonyl (C=O) groups is 2. The first-order valence-corrected chi connectivity index (χ1v) is 27.8. The smallest absolute Gasteiger partial charge is 0.306 e. The molecule has 1 unspecified atom stereocenters. The standard InChI is InChI=1S/C61H104O5/c1-4-7-10-13-16-19-22-25-28-31-33-36-39-42-45-48-51-54-60(62)65-58-59(57-64-56-53-50-47-44-41-38-35-30-27-24-21-18-15-12-9-6-3)66-61(63)55-52-49-46-43-40-37-34-32-29-26-23-20-17-14-11-8-5-2/h9,12,16-21,25-30,38,41,59H,4-8,10-11,13-15,22-24,31-37,39-40,42-58H2,1-3H3/b12-9-,19-16-,20-17-,21-18-,28-25-,29-26-,30-27-,41-38-. The first-order valence-electron chi connectivity index (χ1n) is 27.8. The van der Waals surface area contributed by atoms with E-state index in [0.29, 0.717) is 19.4 Å². The van der Waals surface area contributed by atoms with E-state index in [0.717, 1.165) is 103 Å². The third-order valence-electron chi connectivity index (χ3n) is 11.6. The quantitative estimate of drug-likeness (QED) is 0.0346. The number of hydrogen-bond donors (Lipinski definition) is 0. The summed E-state index contributed by atoms with van der Waals surface area (Å²) in [6.45, 7) is 7.59. The summed E-state index contributed by atoms with van der Waals surface area (Å²) in [4.78, 5) is 25.5. The van der Waals surface area contributed by atoms with Crippen LogP contribution < -0.4 is 0 Å². The molecule has 5 heteroatoms. The average Bonchev–Trinajstić information content (AvgIpc) is 3.32. The monoisotopic (exact) mass is 917 g/mol. The fraction of sp³-hybridized carbons (Fsp3) is 0.705. The van der Waals surface area contributed by atoms with Gasteiger partial charge in [-0.3, -0.25) is 9.59 Å². The number of carbonyl (C=O) groups excluding carboxylic acids is 2. The number of esters is 2. The van der Waals surface area contributed by atoms with E-state index >= 15 is 0 Å². The van der Waals surface area contributed by atoms with Crippen molar-refractivity contribution >= 4 is 11.9 Å². The van der Waals surface area contributed by atoms with Crippen LogP contribution in [0, 0.1) is 0 Å². The van der Waals surface area contributed by atoms with Crippen molar-refractivity contribution in [3.8, 4) is 0 Å². The predicted octanol–water partition coefficient (Wildman–Crippen LogP) is 19.0. The van der Waals surface area contributed by atoms with Crippen molar-refractivity contribution in [1.82, 2.24) is 0 Å². The number of ether oxygens (including phenoxy) is 3. The van der Waals surface area contributed by atoms with Crippen LogP contribution in [-0.4, -0.2) is 37.9 Å². The van der Waals surface area contributed by atoms with Gasteiger partial charge in [0.2, 0.25) is 0 Å². The van der Waals surface area contributed by atoms with E-state index in [1.54, 1.807) is 0 Å². The fourth-order valence-corrected chi connectivity index (χ4v) is 7.44. The van der Waals surface area contributed by atoms with E-state index in [4.69, 9.17) is 14.2 Å². The van der Waals surface area contributed by atoms with Crippen LogP contribution in [-0.2, 0) is 23.8 Å². The molecule has 0 aliphatic carbocycles. The molecule has 0 bridgehead atoms. The molecule has 0 aliphatic rings. The van der Waals surface area contributed by atoms with Crippen molar-refractivity contribution < 1.29 is 23.8 Å². The molecule has 0 rings (SSSR count). The van der Waals surface area contributed by atoms with Gasteiger partial charge < -0.3 is 14.2 Å². The zero-order valence-corrected chi connectivity index (χ0v) is 43.4. The second kappa shape index (κ2) is 56.1. The predicted molar refractivity (Wildman–Crippen MR) is 288 cm³/mol. The molecule has 0 aromatic rings. The second-order valence-electron chi connectivity index (χ2n) is 18.1. The normalized spacial score (nSPS) is 13.0. The van der Waals surface area contributed by atoms with Crippen LogP contribution in [0.3, 0.4) is 0 Å². The summed E-state index contributed by atoms with van der Waals surface area (Å²) in [5.74, 6) is -0.433. The van der Waals surface area contributed by atoms with Crippen molar-refractivity contribution in [2.75, 3.05) is 19.8 Å². The van der Waals surface area contributed by atoms with E-state index in [-0.39, 0.29) is 25.2 Å². The van der Waals surface area contributed by atoms with Gasteiger partial charge in [-0.05, 0) is 122 Å². The Morgan fingerprint density at radius 3 is 1.09 bits per heavy atom. The molecule has 0 heterocycles. The first-order chi connectivity index (χ1) is 32.6. The molecule has 0 saturated carbocycles. The molecule has 378 valence electrons. The summed E-state index contributed by atoms with van der Waals surface area (Å²) in [5.41, 5.74) is 0. The maximum absolute atomic E-state index is 12.8. The zero-order valence-electron chi connectivity index (χ0n) is 43.4. The van der Waals surface area contributed by atoms with Crippen molar-refractivity contribution in [2.45, 2.75) is 258 Å². The van der Waals surface area contributed by atoms with Crippen molar-refractivity contribution in [3.63, 3.8) is 0 Å². The van der Waals surface area contributed by atoms with Gasteiger partial charge in [-0.1, -0.05) is 214 Å². The Balaban J connectivity index is 4.37. The van der Waals surface area contributed by atoms with Crippen LogP contribution >= 0.6 is 0 Å². The average molecular weight is 917 g/mol. The maximum atomic E-state index is 12.8. The summed E-state index contributed by atoms with van der Waals surface area (Å²) in [5, 5.41) is 0. The maximum Gasteiger partial charge on any atom is 0.306 e. The Morgan fingerprint density at radius 2 is 0.682 bits per heavy atom. The summed E-state index contributed by atoms with van der Waals surface area (Å²) < 4.78 is 17.4. The van der Waals surface area contributed by atoms with Crippen molar-refractivity contribution in [3.05, 3.63) is 97.2 Å². The summed E-state index contributed by atoms with van der Waals surface area (Å²) >= 11 is 0. The van der Waals surface area contributed by atoms with E-state index in [1.165, 1.54) is 116 Å². The topological polar surface area (TPSA) is 61.8 Å². The lowest BCUT2D eigenvalue weighted by atomic mass is 10.1.